The third kappa shape index (κ3) is 4.04. The lowest BCUT2D eigenvalue weighted by atomic mass is 9.91. The molecule has 20 heavy (non-hydrogen) atoms. The van der Waals surface area contributed by atoms with Crippen molar-refractivity contribution in [2.75, 3.05) is 0 Å². The van der Waals surface area contributed by atoms with Gasteiger partial charge in [0.2, 0.25) is 5.91 Å². The molecule has 2 unspecified atom stereocenters. The lowest BCUT2D eigenvalue weighted by Gasteiger charge is -2.25. The third-order valence-corrected chi connectivity index (χ3v) is 3.90. The normalized spacial score (nSPS) is 18.8. The molecule has 4 heteroatoms. The van der Waals surface area contributed by atoms with E-state index in [-0.39, 0.29) is 23.8 Å². The summed E-state index contributed by atoms with van der Waals surface area (Å²) in [7, 11) is 0. The summed E-state index contributed by atoms with van der Waals surface area (Å²) in [6.07, 6.45) is 4.83. The summed E-state index contributed by atoms with van der Waals surface area (Å²) in [6.45, 7) is 1.81. The highest BCUT2D eigenvalue weighted by Crippen LogP contribution is 2.35. The molecule has 1 aliphatic rings. The van der Waals surface area contributed by atoms with Crippen LogP contribution in [-0.2, 0) is 4.79 Å². The number of nitrogens with two attached hydrogens (primary N) is 1. The lowest BCUT2D eigenvalue weighted by Crippen LogP contribution is -2.35. The highest BCUT2D eigenvalue weighted by Gasteiger charge is 2.28. The van der Waals surface area contributed by atoms with Gasteiger partial charge in [-0.3, -0.25) is 4.79 Å². The van der Waals surface area contributed by atoms with Crippen LogP contribution in [0.15, 0.2) is 24.3 Å². The number of amides is 1. The number of hydrogen-bond acceptors (Lipinski definition) is 2. The summed E-state index contributed by atoms with van der Waals surface area (Å²) in [4.78, 5) is 12.0. The van der Waals surface area contributed by atoms with Gasteiger partial charge in [0, 0.05) is 12.5 Å². The molecule has 0 aromatic heterocycles. The van der Waals surface area contributed by atoms with Crippen LogP contribution in [0.5, 0.6) is 0 Å². The van der Waals surface area contributed by atoms with Gasteiger partial charge in [-0.2, -0.15) is 0 Å². The second kappa shape index (κ2) is 6.84. The van der Waals surface area contributed by atoms with E-state index in [9.17, 15) is 9.18 Å². The van der Waals surface area contributed by atoms with Crippen LogP contribution in [0, 0.1) is 11.7 Å². The summed E-state index contributed by atoms with van der Waals surface area (Å²) in [6, 6.07) is 6.28. The Balaban J connectivity index is 2.14. The average molecular weight is 278 g/mol. The fraction of sp³-hybridized carbons (Fsp3) is 0.562. The predicted octanol–water partition coefficient (Wildman–Crippen LogP) is 2.91. The molecule has 0 aliphatic heterocycles. The minimum Gasteiger partial charge on any atom is -0.349 e. The third-order valence-electron chi connectivity index (χ3n) is 3.90. The summed E-state index contributed by atoms with van der Waals surface area (Å²) in [5, 5.41) is 3.05. The number of carbonyl (C=O) groups excluding carboxylic acids is 1. The van der Waals surface area contributed by atoms with Crippen LogP contribution < -0.4 is 11.1 Å². The fourth-order valence-electron chi connectivity index (χ4n) is 2.99. The van der Waals surface area contributed by atoms with Crippen molar-refractivity contribution in [2.45, 2.75) is 51.1 Å². The summed E-state index contributed by atoms with van der Waals surface area (Å²) >= 11 is 0. The average Bonchev–Trinajstić information content (AvgIpc) is 2.88. The highest BCUT2D eigenvalue weighted by molar-refractivity contribution is 5.77. The Kier molecular flexibility index (Phi) is 5.12. The summed E-state index contributed by atoms with van der Waals surface area (Å²) in [5.41, 5.74) is 6.52. The smallest absolute Gasteiger partial charge is 0.222 e. The standard InChI is InChI=1S/C16H23FN2O/c1-11(18)9-15(20)19-16(12-5-2-3-6-12)13-7-4-8-14(17)10-13/h4,7-8,10-12,16H,2-3,5-6,9,18H2,1H3,(H,19,20). The molecule has 3 N–H and O–H groups in total. The molecular formula is C16H23FN2O. The van der Waals surface area contributed by atoms with Crippen molar-refractivity contribution in [3.63, 3.8) is 0 Å². The molecule has 0 heterocycles. The highest BCUT2D eigenvalue weighted by atomic mass is 19.1. The molecular weight excluding hydrogens is 255 g/mol. The van der Waals surface area contributed by atoms with Crippen LogP contribution in [0.3, 0.4) is 0 Å². The maximum atomic E-state index is 13.4. The van der Waals surface area contributed by atoms with Crippen molar-refractivity contribution in [1.82, 2.24) is 5.32 Å². The van der Waals surface area contributed by atoms with Crippen LogP contribution in [0.4, 0.5) is 4.39 Å². The molecule has 0 saturated heterocycles. The monoisotopic (exact) mass is 278 g/mol. The molecule has 2 atom stereocenters. The molecule has 1 aromatic rings. The topological polar surface area (TPSA) is 55.1 Å². The quantitative estimate of drug-likeness (QED) is 0.870. The minimum absolute atomic E-state index is 0.0545. The molecule has 0 spiro atoms. The first kappa shape index (κ1) is 15.0. The van der Waals surface area contributed by atoms with Crippen LogP contribution in [0.25, 0.3) is 0 Å². The van der Waals surface area contributed by atoms with Gasteiger partial charge in [-0.15, -0.1) is 0 Å². The van der Waals surface area contributed by atoms with Crippen LogP contribution in [-0.4, -0.2) is 11.9 Å². The van der Waals surface area contributed by atoms with Gasteiger partial charge in [0.05, 0.1) is 6.04 Å². The number of carbonyl (C=O) groups is 1. The Morgan fingerprint density at radius 1 is 1.45 bits per heavy atom. The molecule has 1 aliphatic carbocycles. The maximum Gasteiger partial charge on any atom is 0.222 e. The van der Waals surface area contributed by atoms with Gasteiger partial charge in [0.15, 0.2) is 0 Å². The van der Waals surface area contributed by atoms with Gasteiger partial charge < -0.3 is 11.1 Å². The van der Waals surface area contributed by atoms with E-state index in [0.29, 0.717) is 12.3 Å². The maximum absolute atomic E-state index is 13.4. The van der Waals surface area contributed by atoms with Crippen LogP contribution in [0.1, 0.15) is 50.6 Å². The summed E-state index contributed by atoms with van der Waals surface area (Å²) in [5.74, 6) is 0.0851. The number of hydrogen-bond donors (Lipinski definition) is 2. The molecule has 0 bridgehead atoms. The Morgan fingerprint density at radius 3 is 2.75 bits per heavy atom. The molecule has 1 fully saturated rings. The van der Waals surface area contributed by atoms with Crippen molar-refractivity contribution >= 4 is 5.91 Å². The van der Waals surface area contributed by atoms with Crippen molar-refractivity contribution in [2.24, 2.45) is 11.7 Å². The van der Waals surface area contributed by atoms with Crippen molar-refractivity contribution in [3.8, 4) is 0 Å². The largest absolute Gasteiger partial charge is 0.349 e. The Bertz CT molecular complexity index is 456. The zero-order valence-corrected chi connectivity index (χ0v) is 11.9. The van der Waals surface area contributed by atoms with E-state index < -0.39 is 0 Å². The van der Waals surface area contributed by atoms with E-state index >= 15 is 0 Å². The van der Waals surface area contributed by atoms with Gasteiger partial charge in [0.25, 0.3) is 0 Å². The zero-order valence-electron chi connectivity index (χ0n) is 11.9. The predicted molar refractivity (Wildman–Crippen MR) is 77.5 cm³/mol. The Morgan fingerprint density at radius 2 is 2.15 bits per heavy atom. The number of rotatable bonds is 5. The lowest BCUT2D eigenvalue weighted by molar-refractivity contribution is -0.122. The molecule has 0 radical (unpaired) electrons. The minimum atomic E-state index is -0.257. The van der Waals surface area contributed by atoms with E-state index in [1.807, 2.05) is 13.0 Å². The van der Waals surface area contributed by atoms with Gasteiger partial charge in [-0.05, 0) is 43.4 Å². The Hall–Kier alpha value is -1.42. The molecule has 1 amide bonds. The molecule has 3 nitrogen and oxygen atoms in total. The van der Waals surface area contributed by atoms with E-state index in [0.717, 1.165) is 18.4 Å². The Labute approximate surface area is 119 Å². The zero-order chi connectivity index (χ0) is 14.5. The van der Waals surface area contributed by atoms with Crippen molar-refractivity contribution in [3.05, 3.63) is 35.6 Å². The molecule has 1 saturated carbocycles. The van der Waals surface area contributed by atoms with Gasteiger partial charge in [0.1, 0.15) is 5.82 Å². The molecule has 110 valence electrons. The fourth-order valence-corrected chi connectivity index (χ4v) is 2.99. The number of nitrogens with one attached hydrogen (secondary N) is 1. The first-order chi connectivity index (χ1) is 9.56. The van der Waals surface area contributed by atoms with Crippen molar-refractivity contribution < 1.29 is 9.18 Å². The SMILES string of the molecule is CC(N)CC(=O)NC(c1cccc(F)c1)C1CCCC1. The van der Waals surface area contributed by atoms with Crippen LogP contribution in [0.2, 0.25) is 0 Å². The molecule has 1 aromatic carbocycles. The number of benzene rings is 1. The van der Waals surface area contributed by atoms with E-state index in [1.54, 1.807) is 6.07 Å². The van der Waals surface area contributed by atoms with E-state index in [2.05, 4.69) is 5.32 Å². The number of halogens is 1. The molecule has 2 rings (SSSR count). The van der Waals surface area contributed by atoms with Crippen LogP contribution >= 0.6 is 0 Å². The van der Waals surface area contributed by atoms with Crippen molar-refractivity contribution in [1.29, 1.82) is 0 Å². The first-order valence-corrected chi connectivity index (χ1v) is 7.36. The van der Waals surface area contributed by atoms with Gasteiger partial charge in [-0.1, -0.05) is 25.0 Å². The van der Waals surface area contributed by atoms with Gasteiger partial charge >= 0.3 is 0 Å². The second-order valence-electron chi connectivity index (χ2n) is 5.83. The second-order valence-corrected chi connectivity index (χ2v) is 5.83. The van der Waals surface area contributed by atoms with E-state index in [1.165, 1.54) is 25.0 Å². The first-order valence-electron chi connectivity index (χ1n) is 7.36. The van der Waals surface area contributed by atoms with E-state index in [4.69, 9.17) is 5.73 Å². The van der Waals surface area contributed by atoms with Gasteiger partial charge in [-0.25, -0.2) is 4.39 Å². The summed E-state index contributed by atoms with van der Waals surface area (Å²) < 4.78 is 13.4.